The van der Waals surface area contributed by atoms with Gasteiger partial charge >= 0.3 is 0 Å². The summed E-state index contributed by atoms with van der Waals surface area (Å²) in [4.78, 5) is 14.1. The fourth-order valence-corrected chi connectivity index (χ4v) is 6.77. The lowest BCUT2D eigenvalue weighted by Crippen LogP contribution is -2.44. The fraction of sp³-hybridized carbons (Fsp3) is 0.317. The van der Waals surface area contributed by atoms with E-state index in [0.717, 1.165) is 60.6 Å². The van der Waals surface area contributed by atoms with Crippen molar-refractivity contribution in [1.82, 2.24) is 14.9 Å². The maximum Gasteiger partial charge on any atom is 0.160 e. The largest absolute Gasteiger partial charge is 0.364 e. The lowest BCUT2D eigenvalue weighted by Gasteiger charge is -2.40. The molecule has 6 rings (SSSR count). The van der Waals surface area contributed by atoms with Crippen molar-refractivity contribution in [2.75, 3.05) is 18.0 Å². The van der Waals surface area contributed by atoms with Gasteiger partial charge < -0.3 is 4.90 Å². The molecule has 0 aliphatic carbocycles. The highest BCUT2D eigenvalue weighted by atomic mass is 35.5. The van der Waals surface area contributed by atoms with Crippen molar-refractivity contribution in [3.05, 3.63) is 135 Å². The molecular formula is C41H47Cl3F2N4. The predicted octanol–water partition coefficient (Wildman–Crippen LogP) is 10.9. The van der Waals surface area contributed by atoms with Crippen molar-refractivity contribution >= 4 is 42.9 Å². The molecule has 0 atom stereocenters. The van der Waals surface area contributed by atoms with Gasteiger partial charge in [-0.1, -0.05) is 0 Å². The second kappa shape index (κ2) is 17.6. The summed E-state index contributed by atoms with van der Waals surface area (Å²) in [5, 5.41) is 0. The first kappa shape index (κ1) is 40.9. The number of pyridine rings is 2. The number of rotatable bonds is 8. The highest BCUT2D eigenvalue weighted by Crippen LogP contribution is 2.30. The molecule has 1 saturated heterocycles. The highest BCUT2D eigenvalue weighted by molar-refractivity contribution is 5.86. The molecule has 0 saturated carbocycles. The average Bonchev–Trinajstić information content (AvgIpc) is 3.06. The van der Waals surface area contributed by atoms with Crippen LogP contribution in [0.15, 0.2) is 79.1 Å². The van der Waals surface area contributed by atoms with Crippen LogP contribution in [0.1, 0.15) is 57.3 Å². The number of hydrogen-bond acceptors (Lipinski definition) is 4. The SMILES string of the molecule is Cc1cc(-c2cc(CN3CCC(N(Cc4ccnc(-c5cc(C)c(C)c(C)c5)c4)c4ccc(F)c(F)c4)CC3)ccn2)cc(C)c1C.Cl.Cl.Cl. The Morgan fingerprint density at radius 2 is 1.10 bits per heavy atom. The standard InChI is InChI=1S/C41H44F2N4.3ClH/c1-26-17-34(18-27(2)30(26)5)40-21-32(9-13-44-40)24-46-15-11-36(12-16-46)47(37-7-8-38(42)39(43)23-37)25-33-10-14-45-41(22-33)35-19-28(3)31(6)29(4)20-35;;;/h7-10,13-14,17-23,36H,11-12,15-16,24-25H2,1-6H3;3*1H. The molecule has 3 aromatic carbocycles. The third-order valence-electron chi connectivity index (χ3n) is 10.1. The molecule has 0 unspecified atom stereocenters. The number of hydrogen-bond donors (Lipinski definition) is 0. The summed E-state index contributed by atoms with van der Waals surface area (Å²) in [5.74, 6) is -1.65. The second-order valence-electron chi connectivity index (χ2n) is 13.3. The summed E-state index contributed by atoms with van der Waals surface area (Å²) >= 11 is 0. The molecule has 5 aromatic rings. The maximum absolute atomic E-state index is 14.5. The number of anilines is 1. The summed E-state index contributed by atoms with van der Waals surface area (Å²) in [6.45, 7) is 16.1. The Kier molecular flexibility index (Phi) is 14.4. The molecular weight excluding hydrogens is 693 g/mol. The van der Waals surface area contributed by atoms with Gasteiger partial charge in [0.2, 0.25) is 0 Å². The summed E-state index contributed by atoms with van der Waals surface area (Å²) in [6, 6.07) is 21.7. The summed E-state index contributed by atoms with van der Waals surface area (Å²) in [7, 11) is 0. The highest BCUT2D eigenvalue weighted by Gasteiger charge is 2.26. The summed E-state index contributed by atoms with van der Waals surface area (Å²) in [6.07, 6.45) is 5.60. The van der Waals surface area contributed by atoms with E-state index in [1.54, 1.807) is 6.07 Å². The van der Waals surface area contributed by atoms with Crippen molar-refractivity contribution in [1.29, 1.82) is 0 Å². The van der Waals surface area contributed by atoms with Crippen LogP contribution in [-0.2, 0) is 13.1 Å². The van der Waals surface area contributed by atoms with Crippen LogP contribution in [0.25, 0.3) is 22.5 Å². The lowest BCUT2D eigenvalue weighted by molar-refractivity contribution is 0.201. The van der Waals surface area contributed by atoms with Crippen molar-refractivity contribution in [3.63, 3.8) is 0 Å². The van der Waals surface area contributed by atoms with E-state index in [4.69, 9.17) is 0 Å². The van der Waals surface area contributed by atoms with Crippen molar-refractivity contribution in [2.24, 2.45) is 0 Å². The number of nitrogens with zero attached hydrogens (tertiary/aromatic N) is 4. The average molecular weight is 740 g/mol. The lowest BCUT2D eigenvalue weighted by atomic mass is 9.97. The summed E-state index contributed by atoms with van der Waals surface area (Å²) in [5.41, 5.74) is 14.9. The van der Waals surface area contributed by atoms with Crippen molar-refractivity contribution in [2.45, 2.75) is 73.5 Å². The molecule has 4 nitrogen and oxygen atoms in total. The number of aromatic nitrogens is 2. The van der Waals surface area contributed by atoms with E-state index in [1.165, 1.54) is 51.1 Å². The van der Waals surface area contributed by atoms with E-state index in [9.17, 15) is 8.78 Å². The quantitative estimate of drug-likeness (QED) is 0.159. The molecule has 3 heterocycles. The third kappa shape index (κ3) is 9.21. The van der Waals surface area contributed by atoms with Crippen molar-refractivity contribution in [3.8, 4) is 22.5 Å². The molecule has 0 radical (unpaired) electrons. The van der Waals surface area contributed by atoms with Crippen LogP contribution in [-0.4, -0.2) is 34.0 Å². The molecule has 266 valence electrons. The normalized spacial score (nSPS) is 13.2. The van der Waals surface area contributed by atoms with Crippen LogP contribution in [0.5, 0.6) is 0 Å². The molecule has 50 heavy (non-hydrogen) atoms. The van der Waals surface area contributed by atoms with Crippen LogP contribution in [0, 0.1) is 53.2 Å². The van der Waals surface area contributed by atoms with Gasteiger partial charge in [0, 0.05) is 67.5 Å². The number of halogens is 5. The summed E-state index contributed by atoms with van der Waals surface area (Å²) < 4.78 is 28.5. The van der Waals surface area contributed by atoms with E-state index in [1.807, 2.05) is 18.5 Å². The zero-order valence-corrected chi connectivity index (χ0v) is 32.0. The molecule has 1 aliphatic heterocycles. The minimum atomic E-state index is -0.826. The first-order valence-electron chi connectivity index (χ1n) is 16.6. The van der Waals surface area contributed by atoms with E-state index in [-0.39, 0.29) is 43.3 Å². The Hall–Kier alpha value is -3.55. The van der Waals surface area contributed by atoms with Gasteiger partial charge in [-0.3, -0.25) is 14.9 Å². The van der Waals surface area contributed by atoms with Gasteiger partial charge in [-0.25, -0.2) is 8.78 Å². The molecule has 2 aromatic heterocycles. The Morgan fingerprint density at radius 3 is 1.60 bits per heavy atom. The maximum atomic E-state index is 14.5. The van der Waals surface area contributed by atoms with Gasteiger partial charge in [0.15, 0.2) is 11.6 Å². The fourth-order valence-electron chi connectivity index (χ4n) is 6.77. The number of likely N-dealkylation sites (tertiary alicyclic amines) is 1. The predicted molar refractivity (Wildman–Crippen MR) is 210 cm³/mol. The van der Waals surface area contributed by atoms with Gasteiger partial charge in [0.05, 0.1) is 11.4 Å². The van der Waals surface area contributed by atoms with Crippen LogP contribution < -0.4 is 4.90 Å². The van der Waals surface area contributed by atoms with Gasteiger partial charge in [-0.15, -0.1) is 37.2 Å². The molecule has 9 heteroatoms. The first-order chi connectivity index (χ1) is 22.5. The minimum absolute atomic E-state index is 0. The number of aryl methyl sites for hydroxylation is 4. The van der Waals surface area contributed by atoms with E-state index in [0.29, 0.717) is 12.2 Å². The number of piperidine rings is 1. The van der Waals surface area contributed by atoms with Gasteiger partial charge in [-0.2, -0.15) is 0 Å². The van der Waals surface area contributed by atoms with Crippen LogP contribution in [0.3, 0.4) is 0 Å². The molecule has 0 bridgehead atoms. The Balaban J connectivity index is 0.00000225. The Labute approximate surface area is 314 Å². The monoisotopic (exact) mass is 738 g/mol. The number of benzene rings is 3. The smallest absolute Gasteiger partial charge is 0.160 e. The third-order valence-corrected chi connectivity index (χ3v) is 10.1. The molecule has 0 amide bonds. The topological polar surface area (TPSA) is 32.3 Å². The van der Waals surface area contributed by atoms with E-state index >= 15 is 0 Å². The zero-order chi connectivity index (χ0) is 33.2. The van der Waals surface area contributed by atoms with Crippen molar-refractivity contribution < 1.29 is 8.78 Å². The Bertz CT molecular complexity index is 1880. The van der Waals surface area contributed by atoms with Crippen LogP contribution >= 0.6 is 37.2 Å². The Morgan fingerprint density at radius 1 is 0.620 bits per heavy atom. The molecule has 0 N–H and O–H groups in total. The minimum Gasteiger partial charge on any atom is -0.364 e. The molecule has 1 fully saturated rings. The van der Waals surface area contributed by atoms with E-state index in [2.05, 4.69) is 104 Å². The first-order valence-corrected chi connectivity index (χ1v) is 16.6. The second-order valence-corrected chi connectivity index (χ2v) is 13.3. The molecule has 1 aliphatic rings. The van der Waals surface area contributed by atoms with Gasteiger partial charge in [0.1, 0.15) is 0 Å². The van der Waals surface area contributed by atoms with Gasteiger partial charge in [-0.05, 0) is 160 Å². The zero-order valence-electron chi connectivity index (χ0n) is 29.6. The van der Waals surface area contributed by atoms with E-state index < -0.39 is 11.6 Å². The van der Waals surface area contributed by atoms with Crippen LogP contribution in [0.4, 0.5) is 14.5 Å². The van der Waals surface area contributed by atoms with Crippen LogP contribution in [0.2, 0.25) is 0 Å². The molecule has 0 spiro atoms. The van der Waals surface area contributed by atoms with Gasteiger partial charge in [0.25, 0.3) is 0 Å².